The van der Waals surface area contributed by atoms with Crippen molar-refractivity contribution >= 4 is 17.4 Å². The van der Waals surface area contributed by atoms with Crippen molar-refractivity contribution in [1.82, 2.24) is 4.98 Å². The van der Waals surface area contributed by atoms with Crippen LogP contribution in [0.15, 0.2) is 12.3 Å². The Bertz CT molecular complexity index is 448. The number of amides is 1. The maximum atomic E-state index is 11.2. The molecule has 0 saturated heterocycles. The zero-order valence-corrected chi connectivity index (χ0v) is 9.29. The smallest absolute Gasteiger partial charge is 0.288 e. The van der Waals surface area contributed by atoms with Gasteiger partial charge in [0, 0.05) is 26.2 Å². The molecular weight excluding hydrogens is 226 g/mol. The van der Waals surface area contributed by atoms with Crippen LogP contribution < -0.4 is 16.4 Å². The van der Waals surface area contributed by atoms with Gasteiger partial charge in [0.15, 0.2) is 0 Å². The molecule has 8 nitrogen and oxygen atoms in total. The lowest BCUT2D eigenvalue weighted by Gasteiger charge is -2.18. The Morgan fingerprint density at radius 1 is 1.65 bits per heavy atom. The van der Waals surface area contributed by atoms with Gasteiger partial charge in [-0.1, -0.05) is 0 Å². The molecule has 0 spiro atoms. The Kier molecular flexibility index (Phi) is 3.94. The monoisotopic (exact) mass is 239 g/mol. The van der Waals surface area contributed by atoms with E-state index in [1.807, 2.05) is 0 Å². The van der Waals surface area contributed by atoms with Gasteiger partial charge in [-0.2, -0.15) is 0 Å². The fourth-order valence-electron chi connectivity index (χ4n) is 1.33. The summed E-state index contributed by atoms with van der Waals surface area (Å²) in [5.74, 6) is -0.478. The van der Waals surface area contributed by atoms with Gasteiger partial charge in [0.1, 0.15) is 12.0 Å². The third-order valence-electron chi connectivity index (χ3n) is 2.15. The van der Waals surface area contributed by atoms with E-state index < -0.39 is 10.8 Å². The summed E-state index contributed by atoms with van der Waals surface area (Å²) in [6, 6.07) is 1.11. The SMILES string of the molecule is CN(CCN)c1ncc([N+](=O)[O-])cc1C(N)=O. The van der Waals surface area contributed by atoms with Crippen molar-refractivity contribution < 1.29 is 9.72 Å². The zero-order valence-electron chi connectivity index (χ0n) is 9.29. The fraction of sp³-hybridized carbons (Fsp3) is 0.333. The molecule has 1 amide bonds. The Morgan fingerprint density at radius 3 is 2.76 bits per heavy atom. The molecule has 0 fully saturated rings. The van der Waals surface area contributed by atoms with Crippen molar-refractivity contribution in [2.45, 2.75) is 0 Å². The van der Waals surface area contributed by atoms with Crippen LogP contribution in [0.1, 0.15) is 10.4 Å². The second kappa shape index (κ2) is 5.21. The van der Waals surface area contributed by atoms with Crippen LogP contribution in [0.3, 0.4) is 0 Å². The van der Waals surface area contributed by atoms with Crippen molar-refractivity contribution in [2.24, 2.45) is 11.5 Å². The third-order valence-corrected chi connectivity index (χ3v) is 2.15. The minimum Gasteiger partial charge on any atom is -0.365 e. The van der Waals surface area contributed by atoms with E-state index in [1.165, 1.54) is 0 Å². The average molecular weight is 239 g/mol. The maximum Gasteiger partial charge on any atom is 0.288 e. The van der Waals surface area contributed by atoms with Gasteiger partial charge in [0.25, 0.3) is 11.6 Å². The Morgan fingerprint density at radius 2 is 2.29 bits per heavy atom. The largest absolute Gasteiger partial charge is 0.365 e. The Labute approximate surface area is 97.4 Å². The molecule has 0 unspecified atom stereocenters. The number of hydrogen-bond donors (Lipinski definition) is 2. The predicted molar refractivity (Wildman–Crippen MR) is 61.7 cm³/mol. The molecular formula is C9H13N5O3. The molecule has 1 aromatic heterocycles. The third kappa shape index (κ3) is 2.88. The van der Waals surface area contributed by atoms with E-state index in [-0.39, 0.29) is 17.1 Å². The first kappa shape index (κ1) is 12.8. The van der Waals surface area contributed by atoms with E-state index in [0.717, 1.165) is 12.3 Å². The second-order valence-corrected chi connectivity index (χ2v) is 3.40. The summed E-state index contributed by atoms with van der Waals surface area (Å²) >= 11 is 0. The first-order chi connectivity index (χ1) is 7.97. The van der Waals surface area contributed by atoms with Gasteiger partial charge in [-0.15, -0.1) is 0 Å². The topological polar surface area (TPSA) is 128 Å². The number of carbonyl (C=O) groups is 1. The number of nitrogens with zero attached hydrogens (tertiary/aromatic N) is 3. The van der Waals surface area contributed by atoms with Crippen LogP contribution in [0.25, 0.3) is 0 Å². The molecule has 1 heterocycles. The van der Waals surface area contributed by atoms with Gasteiger partial charge < -0.3 is 16.4 Å². The van der Waals surface area contributed by atoms with Crippen molar-refractivity contribution in [2.75, 3.05) is 25.0 Å². The molecule has 0 radical (unpaired) electrons. The Hall–Kier alpha value is -2.22. The van der Waals surface area contributed by atoms with Crippen molar-refractivity contribution in [3.8, 4) is 0 Å². The summed E-state index contributed by atoms with van der Waals surface area (Å²) in [7, 11) is 1.67. The van der Waals surface area contributed by atoms with E-state index >= 15 is 0 Å². The molecule has 1 rings (SSSR count). The second-order valence-electron chi connectivity index (χ2n) is 3.40. The summed E-state index contributed by atoms with van der Waals surface area (Å²) in [4.78, 5) is 26.6. The van der Waals surface area contributed by atoms with Crippen LogP contribution in [0, 0.1) is 10.1 Å². The minimum absolute atomic E-state index is 0.00940. The molecule has 17 heavy (non-hydrogen) atoms. The van der Waals surface area contributed by atoms with Crippen LogP contribution in [-0.4, -0.2) is 36.0 Å². The number of carbonyl (C=O) groups excluding carboxylic acids is 1. The normalized spacial score (nSPS) is 10.0. The number of hydrogen-bond acceptors (Lipinski definition) is 6. The maximum absolute atomic E-state index is 11.2. The number of anilines is 1. The van der Waals surface area contributed by atoms with E-state index in [9.17, 15) is 14.9 Å². The summed E-state index contributed by atoms with van der Waals surface area (Å²) in [6.45, 7) is 0.832. The molecule has 0 atom stereocenters. The van der Waals surface area contributed by atoms with Gasteiger partial charge in [-0.3, -0.25) is 14.9 Å². The fourth-order valence-corrected chi connectivity index (χ4v) is 1.33. The molecule has 4 N–H and O–H groups in total. The number of likely N-dealkylation sites (N-methyl/N-ethyl adjacent to an activating group) is 1. The highest BCUT2D eigenvalue weighted by Crippen LogP contribution is 2.20. The highest BCUT2D eigenvalue weighted by Gasteiger charge is 2.18. The van der Waals surface area contributed by atoms with Crippen LogP contribution in [-0.2, 0) is 0 Å². The lowest BCUT2D eigenvalue weighted by molar-refractivity contribution is -0.385. The number of primary amides is 1. The van der Waals surface area contributed by atoms with E-state index in [2.05, 4.69) is 4.98 Å². The highest BCUT2D eigenvalue weighted by atomic mass is 16.6. The number of nitrogens with two attached hydrogens (primary N) is 2. The van der Waals surface area contributed by atoms with Crippen molar-refractivity contribution in [3.63, 3.8) is 0 Å². The zero-order chi connectivity index (χ0) is 13.0. The van der Waals surface area contributed by atoms with E-state index in [1.54, 1.807) is 11.9 Å². The lowest BCUT2D eigenvalue weighted by atomic mass is 10.2. The lowest BCUT2D eigenvalue weighted by Crippen LogP contribution is -2.28. The first-order valence-electron chi connectivity index (χ1n) is 4.82. The molecule has 0 aliphatic rings. The number of pyridine rings is 1. The molecule has 0 aromatic carbocycles. The number of rotatable bonds is 5. The standard InChI is InChI=1S/C9H13N5O3/c1-13(3-2-10)9-7(8(11)15)4-6(5-12-9)14(16)17/h4-5H,2-3,10H2,1H3,(H2,11,15). The number of nitro groups is 1. The summed E-state index contributed by atoms with van der Waals surface area (Å²) < 4.78 is 0. The van der Waals surface area contributed by atoms with E-state index in [4.69, 9.17) is 11.5 Å². The van der Waals surface area contributed by atoms with Gasteiger partial charge in [0.05, 0.1) is 10.5 Å². The molecule has 0 aliphatic heterocycles. The van der Waals surface area contributed by atoms with Gasteiger partial charge in [0.2, 0.25) is 0 Å². The quantitative estimate of drug-likeness (QED) is 0.525. The van der Waals surface area contributed by atoms with Crippen LogP contribution in [0.5, 0.6) is 0 Å². The van der Waals surface area contributed by atoms with Gasteiger partial charge >= 0.3 is 0 Å². The van der Waals surface area contributed by atoms with Crippen LogP contribution >= 0.6 is 0 Å². The van der Waals surface area contributed by atoms with Crippen molar-refractivity contribution in [3.05, 3.63) is 27.9 Å². The highest BCUT2D eigenvalue weighted by molar-refractivity contribution is 5.98. The summed E-state index contributed by atoms with van der Waals surface area (Å²) in [6.07, 6.45) is 1.08. The minimum atomic E-state index is -0.764. The Balaban J connectivity index is 3.22. The molecule has 0 saturated carbocycles. The summed E-state index contributed by atoms with van der Waals surface area (Å²) in [5, 5.41) is 10.6. The van der Waals surface area contributed by atoms with Crippen LogP contribution in [0.2, 0.25) is 0 Å². The molecule has 1 aromatic rings. The molecule has 92 valence electrons. The number of aromatic nitrogens is 1. The molecule has 0 bridgehead atoms. The predicted octanol–water partition coefficient (Wildman–Crippen LogP) is -0.516. The molecule has 8 heteroatoms. The average Bonchev–Trinajstić information content (AvgIpc) is 2.28. The van der Waals surface area contributed by atoms with Crippen LogP contribution in [0.4, 0.5) is 11.5 Å². The summed E-state index contributed by atoms with van der Waals surface area (Å²) in [5.41, 5.74) is 10.3. The van der Waals surface area contributed by atoms with Gasteiger partial charge in [-0.25, -0.2) is 4.98 Å². The molecule has 0 aliphatic carbocycles. The van der Waals surface area contributed by atoms with Crippen molar-refractivity contribution in [1.29, 1.82) is 0 Å². The van der Waals surface area contributed by atoms with Gasteiger partial charge in [-0.05, 0) is 0 Å². The van der Waals surface area contributed by atoms with E-state index in [0.29, 0.717) is 13.1 Å². The first-order valence-corrected chi connectivity index (χ1v) is 4.82.